The average Bonchev–Trinajstić information content (AvgIpc) is 3.48. The van der Waals surface area contributed by atoms with Gasteiger partial charge in [-0.25, -0.2) is 9.48 Å². The fourth-order valence-corrected chi connectivity index (χ4v) is 4.19. The van der Waals surface area contributed by atoms with E-state index in [9.17, 15) is 27.9 Å². The number of hydrogen-bond acceptors (Lipinski definition) is 6. The molecular weight excluding hydrogens is 467 g/mol. The van der Waals surface area contributed by atoms with Gasteiger partial charge in [0.05, 0.1) is 18.3 Å². The number of carbonyl (C=O) groups excluding carboxylic acids is 1. The molecule has 0 bridgehead atoms. The molecule has 0 unspecified atom stereocenters. The van der Waals surface area contributed by atoms with Crippen molar-refractivity contribution in [3.8, 4) is 11.3 Å². The summed E-state index contributed by atoms with van der Waals surface area (Å²) in [4.78, 5) is 27.2. The number of furan rings is 1. The van der Waals surface area contributed by atoms with Crippen LogP contribution in [-0.4, -0.2) is 80.7 Å². The molecule has 0 radical (unpaired) electrons. The van der Waals surface area contributed by atoms with E-state index in [2.05, 4.69) is 10.3 Å². The maximum atomic E-state index is 12.9. The molecule has 1 aromatic carbocycles. The standard InChI is InChI=1S/C23H24F3N5O4/c1-29(15-8-10-30(11-9-15)14-23(24,25)26)21(32)20-7-6-16(35-20)12-31-13-19(27-28-31)17-4-2-3-5-18(17)22(33)34/h2-7,13,15H,8-12,14H2,1H3,(H,33,34). The molecule has 0 aliphatic carbocycles. The fourth-order valence-electron chi connectivity index (χ4n) is 4.19. The van der Waals surface area contributed by atoms with Gasteiger partial charge in [-0.15, -0.1) is 5.10 Å². The van der Waals surface area contributed by atoms with Crippen LogP contribution in [0.4, 0.5) is 13.2 Å². The second-order valence-electron chi connectivity index (χ2n) is 8.46. The highest BCUT2D eigenvalue weighted by atomic mass is 19.4. The Morgan fingerprint density at radius 3 is 2.57 bits per heavy atom. The van der Waals surface area contributed by atoms with Gasteiger partial charge in [-0.2, -0.15) is 13.2 Å². The summed E-state index contributed by atoms with van der Waals surface area (Å²) in [6.45, 7) is -0.227. The van der Waals surface area contributed by atoms with E-state index in [-0.39, 0.29) is 42.9 Å². The van der Waals surface area contributed by atoms with Gasteiger partial charge in [-0.1, -0.05) is 23.4 Å². The van der Waals surface area contributed by atoms with Crippen molar-refractivity contribution >= 4 is 11.9 Å². The third-order valence-electron chi connectivity index (χ3n) is 5.99. The molecule has 1 aliphatic rings. The van der Waals surface area contributed by atoms with E-state index in [1.54, 1.807) is 43.6 Å². The smallest absolute Gasteiger partial charge is 0.401 e. The van der Waals surface area contributed by atoms with Gasteiger partial charge in [0, 0.05) is 31.7 Å². The molecule has 3 heterocycles. The number of carbonyl (C=O) groups is 2. The van der Waals surface area contributed by atoms with Crippen LogP contribution < -0.4 is 0 Å². The molecule has 0 atom stereocenters. The summed E-state index contributed by atoms with van der Waals surface area (Å²) in [5, 5.41) is 17.4. The van der Waals surface area contributed by atoms with Gasteiger partial charge in [-0.3, -0.25) is 9.69 Å². The van der Waals surface area contributed by atoms with Crippen LogP contribution in [-0.2, 0) is 6.54 Å². The van der Waals surface area contributed by atoms with Gasteiger partial charge in [0.1, 0.15) is 18.0 Å². The van der Waals surface area contributed by atoms with Crippen LogP contribution in [0.5, 0.6) is 0 Å². The van der Waals surface area contributed by atoms with Crippen molar-refractivity contribution in [2.45, 2.75) is 31.6 Å². The van der Waals surface area contributed by atoms with Crippen molar-refractivity contribution in [1.29, 1.82) is 0 Å². The van der Waals surface area contributed by atoms with E-state index in [1.165, 1.54) is 20.5 Å². The van der Waals surface area contributed by atoms with Crippen LogP contribution in [0.3, 0.4) is 0 Å². The molecule has 12 heteroatoms. The van der Waals surface area contributed by atoms with Crippen LogP contribution in [0.15, 0.2) is 47.0 Å². The molecule has 1 saturated heterocycles. The summed E-state index contributed by atoms with van der Waals surface area (Å²) in [6, 6.07) is 9.48. The van der Waals surface area contributed by atoms with E-state index in [0.29, 0.717) is 29.9 Å². The number of alkyl halides is 3. The van der Waals surface area contributed by atoms with Crippen LogP contribution in [0.2, 0.25) is 0 Å². The zero-order valence-electron chi connectivity index (χ0n) is 18.9. The van der Waals surface area contributed by atoms with Crippen molar-refractivity contribution in [3.63, 3.8) is 0 Å². The Balaban J connectivity index is 1.37. The Kier molecular flexibility index (Phi) is 6.92. The second-order valence-corrected chi connectivity index (χ2v) is 8.46. The van der Waals surface area contributed by atoms with E-state index < -0.39 is 18.7 Å². The van der Waals surface area contributed by atoms with E-state index in [0.717, 1.165) is 0 Å². The van der Waals surface area contributed by atoms with Crippen molar-refractivity contribution in [1.82, 2.24) is 24.8 Å². The second kappa shape index (κ2) is 9.90. The number of likely N-dealkylation sites (tertiary alicyclic amines) is 1. The summed E-state index contributed by atoms with van der Waals surface area (Å²) >= 11 is 0. The summed E-state index contributed by atoms with van der Waals surface area (Å²) in [6.07, 6.45) is -1.74. The maximum absolute atomic E-state index is 12.9. The highest BCUT2D eigenvalue weighted by Crippen LogP contribution is 2.24. The molecular formula is C23H24F3N5O4. The minimum Gasteiger partial charge on any atom is -0.478 e. The Hall–Kier alpha value is -3.67. The normalized spacial score (nSPS) is 15.3. The van der Waals surface area contributed by atoms with Crippen LogP contribution >= 0.6 is 0 Å². The molecule has 35 heavy (non-hydrogen) atoms. The van der Waals surface area contributed by atoms with Crippen molar-refractivity contribution < 1.29 is 32.3 Å². The number of aromatic carboxylic acids is 1. The summed E-state index contributed by atoms with van der Waals surface area (Å²) in [7, 11) is 1.62. The quantitative estimate of drug-likeness (QED) is 0.540. The van der Waals surface area contributed by atoms with E-state index in [1.807, 2.05) is 0 Å². The largest absolute Gasteiger partial charge is 0.478 e. The molecule has 9 nitrogen and oxygen atoms in total. The zero-order chi connectivity index (χ0) is 25.2. The molecule has 3 aromatic rings. The number of nitrogens with zero attached hydrogens (tertiary/aromatic N) is 5. The van der Waals surface area contributed by atoms with Gasteiger partial charge in [-0.05, 0) is 31.0 Å². The molecule has 1 N–H and O–H groups in total. The fraction of sp³-hybridized carbons (Fsp3) is 0.391. The molecule has 4 rings (SSSR count). The number of hydrogen-bond donors (Lipinski definition) is 1. The molecule has 186 valence electrons. The third kappa shape index (κ3) is 5.88. The van der Waals surface area contributed by atoms with Gasteiger partial charge < -0.3 is 14.4 Å². The molecule has 2 aromatic heterocycles. The van der Waals surface area contributed by atoms with Gasteiger partial charge in [0.2, 0.25) is 0 Å². The molecule has 1 aliphatic heterocycles. The molecule has 1 fully saturated rings. The Morgan fingerprint density at radius 2 is 1.89 bits per heavy atom. The van der Waals surface area contributed by atoms with E-state index in [4.69, 9.17) is 4.42 Å². The number of aromatic nitrogens is 3. The van der Waals surface area contributed by atoms with Crippen molar-refractivity contribution in [2.24, 2.45) is 0 Å². The molecule has 0 saturated carbocycles. The van der Waals surface area contributed by atoms with Crippen molar-refractivity contribution in [2.75, 3.05) is 26.7 Å². The first-order valence-corrected chi connectivity index (χ1v) is 11.0. The summed E-state index contributed by atoms with van der Waals surface area (Å²) in [5.74, 6) is -0.846. The lowest BCUT2D eigenvalue weighted by Crippen LogP contribution is -2.47. The lowest BCUT2D eigenvalue weighted by molar-refractivity contribution is -0.148. The number of piperidine rings is 1. The SMILES string of the molecule is CN(C(=O)c1ccc(Cn2cc(-c3ccccc3C(=O)O)nn2)o1)C1CCN(CC(F)(F)F)CC1. The maximum Gasteiger partial charge on any atom is 0.401 e. The minimum absolute atomic E-state index is 0.109. The minimum atomic E-state index is -4.23. The lowest BCUT2D eigenvalue weighted by Gasteiger charge is -2.36. The van der Waals surface area contributed by atoms with Gasteiger partial charge >= 0.3 is 12.1 Å². The molecule has 0 spiro atoms. The number of amides is 1. The molecule has 1 amide bonds. The zero-order valence-corrected chi connectivity index (χ0v) is 18.9. The number of rotatable bonds is 7. The Bertz CT molecular complexity index is 1200. The number of halogens is 3. The van der Waals surface area contributed by atoms with Crippen LogP contribution in [0, 0.1) is 0 Å². The monoisotopic (exact) mass is 491 g/mol. The van der Waals surface area contributed by atoms with Gasteiger partial charge in [0.25, 0.3) is 5.91 Å². The lowest BCUT2D eigenvalue weighted by atomic mass is 10.0. The predicted molar refractivity (Wildman–Crippen MR) is 118 cm³/mol. The highest BCUT2D eigenvalue weighted by molar-refractivity contribution is 5.95. The van der Waals surface area contributed by atoms with Crippen molar-refractivity contribution in [3.05, 3.63) is 59.7 Å². The third-order valence-corrected chi connectivity index (χ3v) is 5.99. The number of carboxylic acid groups (broad SMARTS) is 1. The first kappa shape index (κ1) is 24.5. The Morgan fingerprint density at radius 1 is 1.17 bits per heavy atom. The average molecular weight is 491 g/mol. The van der Waals surface area contributed by atoms with Crippen LogP contribution in [0.25, 0.3) is 11.3 Å². The number of carboxylic acids is 1. The highest BCUT2D eigenvalue weighted by Gasteiger charge is 2.34. The Labute approximate surface area is 198 Å². The summed E-state index contributed by atoms with van der Waals surface area (Å²) in [5.41, 5.74) is 0.935. The first-order chi connectivity index (χ1) is 16.6. The van der Waals surface area contributed by atoms with E-state index >= 15 is 0 Å². The topological polar surface area (TPSA) is 105 Å². The van der Waals surface area contributed by atoms with Crippen LogP contribution in [0.1, 0.15) is 39.5 Å². The summed E-state index contributed by atoms with van der Waals surface area (Å²) < 4.78 is 44.9. The van der Waals surface area contributed by atoms with Gasteiger partial charge in [0.15, 0.2) is 5.76 Å². The number of benzene rings is 1. The predicted octanol–water partition coefficient (Wildman–Crippen LogP) is 3.38. The first-order valence-electron chi connectivity index (χ1n) is 11.0.